The van der Waals surface area contributed by atoms with Crippen LogP contribution < -0.4 is 9.47 Å². The van der Waals surface area contributed by atoms with Gasteiger partial charge in [0, 0.05) is 43.6 Å². The van der Waals surface area contributed by atoms with E-state index in [1.165, 1.54) is 0 Å². The molecule has 0 saturated carbocycles. The van der Waals surface area contributed by atoms with Crippen molar-refractivity contribution in [3.8, 4) is 11.5 Å². The van der Waals surface area contributed by atoms with Gasteiger partial charge in [0.05, 0.1) is 31.3 Å². The van der Waals surface area contributed by atoms with Crippen molar-refractivity contribution in [1.82, 2.24) is 19.8 Å². The van der Waals surface area contributed by atoms with Crippen LogP contribution in [0.25, 0.3) is 0 Å². The first-order valence-corrected chi connectivity index (χ1v) is 13.8. The maximum atomic E-state index is 13.5. The van der Waals surface area contributed by atoms with E-state index >= 15 is 0 Å². The van der Waals surface area contributed by atoms with Crippen molar-refractivity contribution in [2.75, 3.05) is 39.4 Å². The Labute approximate surface area is 230 Å². The molecule has 0 aliphatic carbocycles. The molecule has 1 saturated heterocycles. The van der Waals surface area contributed by atoms with Crippen LogP contribution in [0, 0.1) is 5.41 Å². The maximum Gasteiger partial charge on any atom is 0.257 e. The lowest BCUT2D eigenvalue weighted by molar-refractivity contribution is -0.131. The molecule has 39 heavy (non-hydrogen) atoms. The Hall–Kier alpha value is -3.94. The molecule has 0 spiro atoms. The molecule has 2 amide bonds. The highest BCUT2D eigenvalue weighted by molar-refractivity contribution is 5.97. The Balaban J connectivity index is 1.34. The lowest BCUT2D eigenvalue weighted by Crippen LogP contribution is -2.45. The average Bonchev–Trinajstić information content (AvgIpc) is 2.99. The van der Waals surface area contributed by atoms with E-state index in [-0.39, 0.29) is 17.2 Å². The number of benzene rings is 1. The first-order valence-electron chi connectivity index (χ1n) is 13.8. The first kappa shape index (κ1) is 26.7. The molecule has 8 heteroatoms. The fraction of sp³-hybridized carbons (Fsp3) is 0.419. The number of fused-ring (bicyclic) bond motifs is 9. The van der Waals surface area contributed by atoms with Crippen LogP contribution in [0.2, 0.25) is 0 Å². The predicted molar refractivity (Wildman–Crippen MR) is 148 cm³/mol. The molecular formula is C31H36N4O4. The zero-order valence-electron chi connectivity index (χ0n) is 22.3. The van der Waals surface area contributed by atoms with Gasteiger partial charge in [0.25, 0.3) is 5.91 Å². The number of hydrogen-bond donors (Lipinski definition) is 0. The number of hydrogen-bond acceptors (Lipinski definition) is 6. The molecule has 8 nitrogen and oxygen atoms in total. The monoisotopic (exact) mass is 528 g/mol. The summed E-state index contributed by atoms with van der Waals surface area (Å²) in [7, 11) is 0. The number of aromatic nitrogens is 2. The Morgan fingerprint density at radius 3 is 2.46 bits per heavy atom. The fourth-order valence-electron chi connectivity index (χ4n) is 5.48. The summed E-state index contributed by atoms with van der Waals surface area (Å²) >= 11 is 0. The highest BCUT2D eigenvalue weighted by Crippen LogP contribution is 2.38. The third kappa shape index (κ3) is 6.93. The summed E-state index contributed by atoms with van der Waals surface area (Å²) in [5.74, 6) is 1.38. The number of para-hydroxylation sites is 1. The standard InChI is InChI=1S/C31H36N4O4/c36-29(21-25-7-5-14-32-22-25)34-16-4-3-11-31(24-39-26-8-6-15-33-23-26)12-17-35(18-13-31)30(37)27-9-1-2-10-28(27)38-20-19-34/h1-2,5-10,14-15,22-23H,3-4,11-13,16-21,24H2. The van der Waals surface area contributed by atoms with E-state index in [0.29, 0.717) is 57.1 Å². The molecule has 1 aromatic carbocycles. The van der Waals surface area contributed by atoms with Gasteiger partial charge in [-0.15, -0.1) is 0 Å². The first-order chi connectivity index (χ1) is 19.1. The third-order valence-electron chi connectivity index (χ3n) is 7.84. The molecule has 1 fully saturated rings. The molecule has 0 radical (unpaired) electrons. The summed E-state index contributed by atoms with van der Waals surface area (Å²) in [6.07, 6.45) is 11.8. The van der Waals surface area contributed by atoms with E-state index < -0.39 is 0 Å². The van der Waals surface area contributed by atoms with Crippen LogP contribution >= 0.6 is 0 Å². The zero-order chi connectivity index (χ0) is 26.9. The Kier molecular flexibility index (Phi) is 8.71. The van der Waals surface area contributed by atoms with Crippen molar-refractivity contribution in [3.05, 3.63) is 84.4 Å². The van der Waals surface area contributed by atoms with Gasteiger partial charge in [0.15, 0.2) is 0 Å². The minimum atomic E-state index is -0.0344. The number of carbonyl (C=O) groups excluding carboxylic acids is 2. The smallest absolute Gasteiger partial charge is 0.257 e. The lowest BCUT2D eigenvalue weighted by Gasteiger charge is -2.42. The molecule has 3 aliphatic heterocycles. The van der Waals surface area contributed by atoms with Crippen molar-refractivity contribution in [2.24, 2.45) is 5.41 Å². The van der Waals surface area contributed by atoms with Crippen LogP contribution in [-0.4, -0.2) is 71.0 Å². The summed E-state index contributed by atoms with van der Waals surface area (Å²) in [6.45, 7) is 3.39. The van der Waals surface area contributed by atoms with E-state index in [9.17, 15) is 9.59 Å². The quantitative estimate of drug-likeness (QED) is 0.488. The fourth-order valence-corrected chi connectivity index (χ4v) is 5.48. The van der Waals surface area contributed by atoms with E-state index in [4.69, 9.17) is 9.47 Å². The molecule has 6 rings (SSSR count). The van der Waals surface area contributed by atoms with Gasteiger partial charge in [0.2, 0.25) is 5.91 Å². The van der Waals surface area contributed by atoms with Gasteiger partial charge in [-0.25, -0.2) is 0 Å². The molecule has 0 unspecified atom stereocenters. The SMILES string of the molecule is O=C(Cc1cccnc1)N1CCCCC2(COc3cccnc3)CCN(CC2)C(=O)c2ccccc2OCC1. The number of pyridine rings is 2. The second kappa shape index (κ2) is 12.7. The second-order valence-electron chi connectivity index (χ2n) is 10.5. The Morgan fingerprint density at radius 1 is 0.897 bits per heavy atom. The van der Waals surface area contributed by atoms with Crippen LogP contribution in [-0.2, 0) is 11.2 Å². The van der Waals surface area contributed by atoms with Crippen LogP contribution in [0.1, 0.15) is 48.0 Å². The van der Waals surface area contributed by atoms with Gasteiger partial charge in [-0.05, 0) is 61.6 Å². The van der Waals surface area contributed by atoms with Gasteiger partial charge in [-0.3, -0.25) is 19.6 Å². The summed E-state index contributed by atoms with van der Waals surface area (Å²) in [4.78, 5) is 38.9. The van der Waals surface area contributed by atoms with Crippen LogP contribution in [0.5, 0.6) is 11.5 Å². The van der Waals surface area contributed by atoms with Gasteiger partial charge < -0.3 is 19.3 Å². The van der Waals surface area contributed by atoms with E-state index in [1.54, 1.807) is 24.8 Å². The third-order valence-corrected chi connectivity index (χ3v) is 7.84. The molecule has 5 heterocycles. The summed E-state index contributed by atoms with van der Waals surface area (Å²) in [5, 5.41) is 0. The van der Waals surface area contributed by atoms with Gasteiger partial charge in [0.1, 0.15) is 18.1 Å². The molecule has 204 valence electrons. The number of piperidine rings is 1. The van der Waals surface area contributed by atoms with Crippen molar-refractivity contribution in [3.63, 3.8) is 0 Å². The Morgan fingerprint density at radius 2 is 1.69 bits per heavy atom. The lowest BCUT2D eigenvalue weighted by atomic mass is 9.75. The van der Waals surface area contributed by atoms with Gasteiger partial charge >= 0.3 is 0 Å². The number of carbonyl (C=O) groups is 2. The van der Waals surface area contributed by atoms with E-state index in [2.05, 4.69) is 9.97 Å². The number of ether oxygens (including phenoxy) is 2. The molecule has 2 aromatic heterocycles. The van der Waals surface area contributed by atoms with Gasteiger partial charge in [-0.2, -0.15) is 0 Å². The molecule has 0 N–H and O–H groups in total. The number of rotatable bonds is 5. The highest BCUT2D eigenvalue weighted by Gasteiger charge is 2.37. The van der Waals surface area contributed by atoms with E-state index in [0.717, 1.165) is 43.4 Å². The number of amides is 2. The van der Waals surface area contributed by atoms with Crippen LogP contribution in [0.4, 0.5) is 0 Å². The largest absolute Gasteiger partial charge is 0.491 e. The van der Waals surface area contributed by atoms with E-state index in [1.807, 2.05) is 58.3 Å². The molecule has 0 atom stereocenters. The highest BCUT2D eigenvalue weighted by atomic mass is 16.5. The normalized spacial score (nSPS) is 17.9. The molecular weight excluding hydrogens is 492 g/mol. The van der Waals surface area contributed by atoms with Crippen molar-refractivity contribution in [1.29, 1.82) is 0 Å². The average molecular weight is 529 g/mol. The molecule has 2 bridgehead atoms. The predicted octanol–water partition coefficient (Wildman–Crippen LogP) is 4.41. The summed E-state index contributed by atoms with van der Waals surface area (Å²) < 4.78 is 12.3. The molecule has 3 aliphatic rings. The zero-order valence-corrected chi connectivity index (χ0v) is 22.3. The second-order valence-corrected chi connectivity index (χ2v) is 10.5. The van der Waals surface area contributed by atoms with Crippen molar-refractivity contribution >= 4 is 11.8 Å². The minimum absolute atomic E-state index is 0.00763. The topological polar surface area (TPSA) is 84.9 Å². The summed E-state index contributed by atoms with van der Waals surface area (Å²) in [6, 6.07) is 15.0. The van der Waals surface area contributed by atoms with Crippen molar-refractivity contribution in [2.45, 2.75) is 38.5 Å². The van der Waals surface area contributed by atoms with Crippen molar-refractivity contribution < 1.29 is 19.1 Å². The minimum Gasteiger partial charge on any atom is -0.491 e. The van der Waals surface area contributed by atoms with Crippen LogP contribution in [0.3, 0.4) is 0 Å². The Bertz CT molecular complexity index is 1230. The summed E-state index contributed by atoms with van der Waals surface area (Å²) in [5.41, 5.74) is 1.43. The number of nitrogens with zero attached hydrogens (tertiary/aromatic N) is 4. The van der Waals surface area contributed by atoms with Gasteiger partial charge in [-0.1, -0.05) is 24.6 Å². The molecule has 3 aromatic rings. The maximum absolute atomic E-state index is 13.5. The van der Waals surface area contributed by atoms with Crippen LogP contribution in [0.15, 0.2) is 73.3 Å².